The Balaban J connectivity index is 1.38. The number of esters is 3. The van der Waals surface area contributed by atoms with E-state index in [1.807, 2.05) is 49.6 Å². The molecule has 0 unspecified atom stereocenters. The maximum Gasteiger partial charge on any atom is 0.491 e. The van der Waals surface area contributed by atoms with Crippen LogP contribution >= 0.6 is 11.3 Å². The number of methoxy groups -OCH3 is 1. The van der Waals surface area contributed by atoms with Gasteiger partial charge in [-0.15, -0.1) is 21.5 Å². The number of fused-ring (bicyclic) bond motifs is 3. The van der Waals surface area contributed by atoms with Crippen LogP contribution in [-0.4, -0.2) is 58.3 Å². The van der Waals surface area contributed by atoms with Gasteiger partial charge in [0.15, 0.2) is 12.4 Å². The molecule has 0 saturated carbocycles. The number of carbonyl (C=O) groups is 3. The van der Waals surface area contributed by atoms with E-state index in [2.05, 4.69) is 20.3 Å². The van der Waals surface area contributed by atoms with Crippen LogP contribution in [0.2, 0.25) is 0 Å². The number of benzene rings is 2. The fraction of sp³-hybridized carbons (Fsp3) is 0.267. The molecule has 15 heteroatoms. The van der Waals surface area contributed by atoms with Crippen LogP contribution < -0.4 is 10.1 Å². The second-order valence-corrected chi connectivity index (χ2v) is 11.2. The van der Waals surface area contributed by atoms with Crippen molar-refractivity contribution in [2.45, 2.75) is 39.4 Å². The van der Waals surface area contributed by atoms with Crippen LogP contribution in [0, 0.1) is 20.8 Å². The lowest BCUT2D eigenvalue weighted by Crippen LogP contribution is -2.30. The molecule has 2 aromatic carbocycles. The van der Waals surface area contributed by atoms with E-state index in [-0.39, 0.29) is 12.2 Å². The van der Waals surface area contributed by atoms with Gasteiger partial charge < -0.3 is 19.5 Å². The molecule has 1 atom stereocenters. The maximum absolute atomic E-state index is 12.3. The number of aromatic nitrogens is 3. The number of aryl methyl sites for hydroxylation is 2. The number of halogens is 3. The number of nitrogens with one attached hydrogen (secondary N) is 1. The molecule has 0 saturated heterocycles. The third kappa shape index (κ3) is 6.72. The molecule has 1 N–H and O–H groups in total. The smallest absolute Gasteiger partial charge is 0.482 e. The highest BCUT2D eigenvalue weighted by molar-refractivity contribution is 7.15. The first-order valence-corrected chi connectivity index (χ1v) is 14.3. The largest absolute Gasteiger partial charge is 0.491 e. The van der Waals surface area contributed by atoms with E-state index in [4.69, 9.17) is 14.5 Å². The third-order valence-electron chi connectivity index (χ3n) is 6.90. The van der Waals surface area contributed by atoms with Gasteiger partial charge in [-0.2, -0.15) is 13.2 Å². The quantitative estimate of drug-likeness (QED) is 0.197. The molecule has 0 aliphatic carbocycles. The van der Waals surface area contributed by atoms with Gasteiger partial charge in [0.2, 0.25) is 0 Å². The SMILES string of the molecule is COC(=O)C[C@@H]1N=C(c2ccc(Nc3cccc(OCC(=O)OC(=O)C(F)(F)F)c3)cc2)c2c(sc(C)c2C)-n2c(C)nnc21. The number of thiophene rings is 1. The van der Waals surface area contributed by atoms with E-state index < -0.39 is 36.7 Å². The zero-order chi connectivity index (χ0) is 32.5. The average Bonchev–Trinajstić information content (AvgIpc) is 3.47. The van der Waals surface area contributed by atoms with Gasteiger partial charge >= 0.3 is 24.1 Å². The Morgan fingerprint density at radius 2 is 1.73 bits per heavy atom. The van der Waals surface area contributed by atoms with Gasteiger partial charge in [-0.3, -0.25) is 14.4 Å². The molecule has 3 heterocycles. The highest BCUT2D eigenvalue weighted by Crippen LogP contribution is 2.39. The predicted octanol–water partition coefficient (Wildman–Crippen LogP) is 5.46. The molecule has 45 heavy (non-hydrogen) atoms. The number of aliphatic imine (C=N–C) groups is 1. The van der Waals surface area contributed by atoms with E-state index in [9.17, 15) is 27.6 Å². The first-order valence-electron chi connectivity index (χ1n) is 13.4. The van der Waals surface area contributed by atoms with Gasteiger partial charge in [0.25, 0.3) is 0 Å². The Morgan fingerprint density at radius 3 is 2.42 bits per heavy atom. The number of anilines is 2. The molecular weight excluding hydrogens is 615 g/mol. The number of nitrogens with zero attached hydrogens (tertiary/aromatic N) is 4. The topological polar surface area (TPSA) is 134 Å². The molecule has 0 radical (unpaired) electrons. The Hall–Kier alpha value is -5.05. The lowest BCUT2D eigenvalue weighted by molar-refractivity contribution is -0.202. The molecule has 1 aliphatic rings. The monoisotopic (exact) mass is 641 g/mol. The van der Waals surface area contributed by atoms with Gasteiger partial charge in [0.05, 0.1) is 19.2 Å². The van der Waals surface area contributed by atoms with Crippen LogP contribution in [0.5, 0.6) is 5.75 Å². The van der Waals surface area contributed by atoms with E-state index in [1.165, 1.54) is 19.2 Å². The van der Waals surface area contributed by atoms with Crippen molar-refractivity contribution in [1.29, 1.82) is 0 Å². The summed E-state index contributed by atoms with van der Waals surface area (Å²) in [6, 6.07) is 13.2. The van der Waals surface area contributed by atoms with E-state index >= 15 is 0 Å². The van der Waals surface area contributed by atoms with E-state index in [1.54, 1.807) is 23.5 Å². The lowest BCUT2D eigenvalue weighted by Gasteiger charge is -2.13. The Morgan fingerprint density at radius 1 is 1.00 bits per heavy atom. The van der Waals surface area contributed by atoms with Crippen LogP contribution in [0.3, 0.4) is 0 Å². The number of hydrogen-bond acceptors (Lipinski definition) is 11. The first kappa shape index (κ1) is 31.4. The third-order valence-corrected chi connectivity index (χ3v) is 8.10. The van der Waals surface area contributed by atoms with Gasteiger partial charge in [0.1, 0.15) is 22.6 Å². The summed E-state index contributed by atoms with van der Waals surface area (Å²) in [6.07, 6.45) is -5.30. The van der Waals surface area contributed by atoms with E-state index in [0.29, 0.717) is 28.7 Å². The van der Waals surface area contributed by atoms with Crippen molar-refractivity contribution >= 4 is 46.3 Å². The second-order valence-electron chi connectivity index (χ2n) is 9.96. The van der Waals surface area contributed by atoms with Crippen LogP contribution in [0.1, 0.15) is 45.7 Å². The Bertz CT molecular complexity index is 1810. The van der Waals surface area contributed by atoms with Crippen LogP contribution in [-0.2, 0) is 23.9 Å². The highest BCUT2D eigenvalue weighted by Gasteiger charge is 2.42. The summed E-state index contributed by atoms with van der Waals surface area (Å²) in [6.45, 7) is 5.02. The summed E-state index contributed by atoms with van der Waals surface area (Å²) in [5.41, 5.74) is 4.73. The number of alkyl halides is 3. The fourth-order valence-corrected chi connectivity index (χ4v) is 5.85. The summed E-state index contributed by atoms with van der Waals surface area (Å²) in [5.74, 6) is -3.12. The van der Waals surface area contributed by atoms with Crippen molar-refractivity contribution in [3.8, 4) is 10.8 Å². The number of hydrogen-bond donors (Lipinski definition) is 1. The fourth-order valence-electron chi connectivity index (χ4n) is 4.64. The molecule has 0 amide bonds. The number of rotatable bonds is 8. The van der Waals surface area contributed by atoms with Crippen molar-refractivity contribution in [3.63, 3.8) is 0 Å². The summed E-state index contributed by atoms with van der Waals surface area (Å²) in [5, 5.41) is 12.7. The summed E-state index contributed by atoms with van der Waals surface area (Å²) in [4.78, 5) is 40.9. The molecule has 11 nitrogen and oxygen atoms in total. The summed E-state index contributed by atoms with van der Waals surface area (Å²) in [7, 11) is 1.33. The normalized spacial score (nSPS) is 14.0. The van der Waals surface area contributed by atoms with Crippen LogP contribution in [0.4, 0.5) is 24.5 Å². The molecular formula is C30H26F3N5O6S. The van der Waals surface area contributed by atoms with Crippen molar-refractivity contribution < 1.29 is 41.8 Å². The Labute approximate surface area is 258 Å². The number of carbonyl (C=O) groups excluding carboxylic acids is 3. The highest BCUT2D eigenvalue weighted by atomic mass is 32.1. The molecule has 234 valence electrons. The second kappa shape index (κ2) is 12.5. The minimum atomic E-state index is -5.29. The van der Waals surface area contributed by atoms with Gasteiger partial charge in [-0.25, -0.2) is 9.59 Å². The van der Waals surface area contributed by atoms with Crippen LogP contribution in [0.15, 0.2) is 53.5 Å². The molecule has 0 fully saturated rings. The van der Waals surface area contributed by atoms with Crippen molar-refractivity contribution in [1.82, 2.24) is 14.8 Å². The molecule has 2 aromatic heterocycles. The Kier molecular flexibility index (Phi) is 8.73. The zero-order valence-corrected chi connectivity index (χ0v) is 25.2. The molecule has 4 aromatic rings. The molecule has 5 rings (SSSR count). The summed E-state index contributed by atoms with van der Waals surface area (Å²) < 4.78 is 52.7. The van der Waals surface area contributed by atoms with Crippen molar-refractivity contribution in [2.24, 2.45) is 4.99 Å². The van der Waals surface area contributed by atoms with Gasteiger partial charge in [-0.1, -0.05) is 18.2 Å². The lowest BCUT2D eigenvalue weighted by atomic mass is 9.99. The average molecular weight is 642 g/mol. The minimum absolute atomic E-state index is 0.0144. The maximum atomic E-state index is 12.3. The minimum Gasteiger partial charge on any atom is -0.482 e. The zero-order valence-electron chi connectivity index (χ0n) is 24.4. The standard InChI is InChI=1S/C30H26F3N5O6S/c1-15-16(2)45-28-25(15)26(35-22(13-23(39)42-4)27-37-36-17(3)38(27)28)18-8-10-19(11-9-18)34-20-6-5-7-21(12-20)43-14-24(40)44-29(41)30(31,32)33/h5-12,22,34H,13-14H2,1-4H3/t22-/m0/s1. The van der Waals surface area contributed by atoms with Gasteiger partial charge in [-0.05, 0) is 50.6 Å². The molecule has 1 aliphatic heterocycles. The molecule has 0 bridgehead atoms. The first-order chi connectivity index (χ1) is 21.3. The van der Waals surface area contributed by atoms with Crippen molar-refractivity contribution in [2.75, 3.05) is 19.0 Å². The molecule has 0 spiro atoms. The number of ether oxygens (including phenoxy) is 3. The van der Waals surface area contributed by atoms with E-state index in [0.717, 1.165) is 26.6 Å². The van der Waals surface area contributed by atoms with Gasteiger partial charge in [0, 0.05) is 33.4 Å². The predicted molar refractivity (Wildman–Crippen MR) is 157 cm³/mol. The summed E-state index contributed by atoms with van der Waals surface area (Å²) >= 11 is 1.60. The van der Waals surface area contributed by atoms with Crippen molar-refractivity contribution in [3.05, 3.63) is 81.7 Å². The van der Waals surface area contributed by atoms with Crippen LogP contribution in [0.25, 0.3) is 5.00 Å².